The summed E-state index contributed by atoms with van der Waals surface area (Å²) in [5.74, 6) is 0. The van der Waals surface area contributed by atoms with E-state index in [0.29, 0.717) is 0 Å². The molecule has 0 spiro atoms. The fourth-order valence-electron chi connectivity index (χ4n) is 0.693. The van der Waals surface area contributed by atoms with E-state index in [1.807, 2.05) is 0 Å². The third-order valence-electron chi connectivity index (χ3n) is 1.15. The third-order valence-corrected chi connectivity index (χ3v) is 1.15. The molecule has 0 saturated carbocycles. The average Bonchev–Trinajstić information content (AvgIpc) is 2.79. The van der Waals surface area contributed by atoms with Gasteiger partial charge in [0.15, 0.2) is 0 Å². The van der Waals surface area contributed by atoms with Crippen LogP contribution in [-0.4, -0.2) is 20.4 Å². The van der Waals surface area contributed by atoms with Crippen LogP contribution in [0, 0.1) is 13.5 Å². The van der Waals surface area contributed by atoms with E-state index < -0.39 is 0 Å². The Morgan fingerprint density at radius 2 is 1.60 bits per heavy atom. The van der Waals surface area contributed by atoms with Gasteiger partial charge >= 0.3 is 0 Å². The molecule has 0 N–H and O–H groups in total. The minimum atomic E-state index is 0. The van der Waals surface area contributed by atoms with Crippen molar-refractivity contribution in [3.05, 3.63) is 31.2 Å². The van der Waals surface area contributed by atoms with Crippen molar-refractivity contribution in [1.82, 2.24) is 0 Å². The second-order valence-electron chi connectivity index (χ2n) is 1.66. The van der Waals surface area contributed by atoms with Crippen LogP contribution in [0.4, 0.5) is 0 Å². The number of hydrogen-bond donors (Lipinski definition) is 0. The maximum atomic E-state index is 7.75. The van der Waals surface area contributed by atoms with Crippen molar-refractivity contribution in [2.24, 2.45) is 0 Å². The van der Waals surface area contributed by atoms with Crippen LogP contribution in [0.1, 0.15) is 19.8 Å². The predicted molar refractivity (Wildman–Crippen MR) is 57.5 cm³/mol. The second kappa shape index (κ2) is 37.9. The van der Waals surface area contributed by atoms with E-state index >= 15 is 0 Å². The normalized spacial score (nSPS) is 9.00. The van der Waals surface area contributed by atoms with Crippen LogP contribution in [0.2, 0.25) is 0 Å². The molecule has 0 aromatic carbocycles. The Labute approximate surface area is 107 Å². The molecule has 0 atom stereocenters. The zero-order valence-electron chi connectivity index (χ0n) is 8.93. The summed E-state index contributed by atoms with van der Waals surface area (Å²) < 4.78 is 0. The molecule has 0 saturated heterocycles. The molecule has 1 aliphatic carbocycles. The topological polar surface area (TPSA) is 51.2 Å². The van der Waals surface area contributed by atoms with Gasteiger partial charge in [-0.2, -0.15) is 6.08 Å². The first-order valence-corrected chi connectivity index (χ1v) is 3.40. The van der Waals surface area contributed by atoms with Crippen LogP contribution in [0.5, 0.6) is 0 Å². The molecule has 15 heavy (non-hydrogen) atoms. The average molecular weight is 379 g/mol. The van der Waals surface area contributed by atoms with Gasteiger partial charge in [0.25, 0.3) is 0 Å². The van der Waals surface area contributed by atoms with Gasteiger partial charge in [0.1, 0.15) is 0 Å². The van der Waals surface area contributed by atoms with Crippen LogP contribution < -0.4 is 0 Å². The fourth-order valence-corrected chi connectivity index (χ4v) is 0.693. The van der Waals surface area contributed by atoms with Crippen LogP contribution in [0.3, 0.4) is 0 Å². The molecular weight excluding hydrogens is 364 g/mol. The monoisotopic (exact) mass is 379 g/mol. The Kier molecular flexibility index (Phi) is 73.9. The number of allylic oxidation sites excluding steroid dienone is 4. The quantitative estimate of drug-likeness (QED) is 0.515. The molecule has 1 rings (SSSR count). The van der Waals surface area contributed by atoms with E-state index in [2.05, 4.69) is 45.5 Å². The molecule has 0 bridgehead atoms. The van der Waals surface area contributed by atoms with Crippen LogP contribution in [0.15, 0.2) is 17.7 Å². The summed E-state index contributed by atoms with van der Waals surface area (Å²) in [5.41, 5.74) is 1.36. The van der Waals surface area contributed by atoms with Crippen molar-refractivity contribution in [1.29, 1.82) is 0 Å². The molecule has 4 heteroatoms. The van der Waals surface area contributed by atoms with Crippen molar-refractivity contribution in [2.45, 2.75) is 19.8 Å². The molecule has 1 aliphatic rings. The molecular formula is C11H15O3W-5. The maximum absolute atomic E-state index is 7.75. The Morgan fingerprint density at radius 3 is 1.73 bits per heavy atom. The smallest absolute Gasteiger partial charge is 0 e. The molecule has 0 heterocycles. The van der Waals surface area contributed by atoms with Gasteiger partial charge in [0, 0.05) is 21.1 Å². The molecule has 88 valence electrons. The SMILES string of the molecule is CCC1=[C-]CC=C1.[CH-]=O.[CH-]=O.[CH-]=O.[CH3-].[W]. The number of rotatable bonds is 1. The Balaban J connectivity index is -0.0000000369. The summed E-state index contributed by atoms with van der Waals surface area (Å²) in [4.78, 5) is 23.2. The minimum Gasteiger partial charge on any atom is -0.545 e. The van der Waals surface area contributed by atoms with Gasteiger partial charge in [0.2, 0.25) is 0 Å². The molecule has 0 fully saturated rings. The Morgan fingerprint density at radius 1 is 1.20 bits per heavy atom. The van der Waals surface area contributed by atoms with Gasteiger partial charge < -0.3 is 21.8 Å². The van der Waals surface area contributed by atoms with Gasteiger partial charge in [-0.3, -0.25) is 26.4 Å². The first-order valence-electron chi connectivity index (χ1n) is 3.40. The molecule has 0 aromatic heterocycles. The van der Waals surface area contributed by atoms with Gasteiger partial charge in [0.05, 0.1) is 0 Å². The molecule has 0 aliphatic heterocycles. The molecule has 0 amide bonds. The van der Waals surface area contributed by atoms with Gasteiger partial charge in [-0.15, -0.1) is 6.42 Å². The van der Waals surface area contributed by atoms with E-state index in [0.717, 1.165) is 12.8 Å². The summed E-state index contributed by atoms with van der Waals surface area (Å²) in [6, 6.07) is 0. The maximum Gasteiger partial charge on any atom is 0 e. The van der Waals surface area contributed by atoms with Crippen molar-refractivity contribution in [3.8, 4) is 0 Å². The second-order valence-corrected chi connectivity index (χ2v) is 1.66. The van der Waals surface area contributed by atoms with Crippen molar-refractivity contribution in [2.75, 3.05) is 0 Å². The molecule has 3 nitrogen and oxygen atoms in total. The van der Waals surface area contributed by atoms with E-state index in [1.54, 1.807) is 0 Å². The van der Waals surface area contributed by atoms with Crippen molar-refractivity contribution >= 4 is 20.4 Å². The van der Waals surface area contributed by atoms with E-state index in [9.17, 15) is 0 Å². The third kappa shape index (κ3) is 24.6. The first-order chi connectivity index (χ1) is 6.43. The first kappa shape index (κ1) is 29.2. The van der Waals surface area contributed by atoms with E-state index in [1.165, 1.54) is 5.57 Å². The van der Waals surface area contributed by atoms with Gasteiger partial charge in [-0.05, 0) is 0 Å². The Hall–Kier alpha value is -0.822. The van der Waals surface area contributed by atoms with E-state index in [-0.39, 0.29) is 28.5 Å². The van der Waals surface area contributed by atoms with Crippen LogP contribution in [0.25, 0.3) is 0 Å². The minimum absolute atomic E-state index is 0. The molecule has 0 unspecified atom stereocenters. The summed E-state index contributed by atoms with van der Waals surface area (Å²) in [6.07, 6.45) is 9.65. The van der Waals surface area contributed by atoms with Crippen LogP contribution >= 0.6 is 0 Å². The molecule has 0 radical (unpaired) electrons. The van der Waals surface area contributed by atoms with Crippen LogP contribution in [-0.2, 0) is 35.4 Å². The molecule has 0 aromatic rings. The summed E-state index contributed by atoms with van der Waals surface area (Å²) in [7, 11) is 0. The number of hydrogen-bond acceptors (Lipinski definition) is 3. The van der Waals surface area contributed by atoms with Crippen molar-refractivity contribution in [3.63, 3.8) is 0 Å². The zero-order chi connectivity index (χ0) is 11.1. The standard InChI is InChI=1S/C7H9.3CHO.CH3.W/c1-2-7-5-3-4-6-7;3*1-2;;/h3,5H,2,4H2,1H3;3*1H;1H3;/q5*-1;. The van der Waals surface area contributed by atoms with Gasteiger partial charge in [-0.25, -0.2) is 11.6 Å². The summed E-state index contributed by atoms with van der Waals surface area (Å²) in [6.45, 7) is 11.9. The predicted octanol–water partition coefficient (Wildman–Crippen LogP) is 1.71. The van der Waals surface area contributed by atoms with Crippen molar-refractivity contribution < 1.29 is 35.4 Å². The fraction of sp³-hybridized carbons (Fsp3) is 0.273. The zero-order valence-corrected chi connectivity index (χ0v) is 11.9. The van der Waals surface area contributed by atoms with Gasteiger partial charge in [-0.1, -0.05) is 13.3 Å². The largest absolute Gasteiger partial charge is 0.545 e. The summed E-state index contributed by atoms with van der Waals surface area (Å²) >= 11 is 0. The number of carbonyl (C=O) groups excluding carboxylic acids is 3. The van der Waals surface area contributed by atoms with E-state index in [4.69, 9.17) is 14.4 Å². The summed E-state index contributed by atoms with van der Waals surface area (Å²) in [5, 5.41) is 0. The Bertz CT molecular complexity index is 151.